The van der Waals surface area contributed by atoms with Gasteiger partial charge in [-0.15, -0.1) is 0 Å². The molecule has 7 heteroatoms. The molecule has 2 heterocycles. The van der Waals surface area contributed by atoms with Gasteiger partial charge in [0, 0.05) is 23.5 Å². The van der Waals surface area contributed by atoms with Gasteiger partial charge in [-0.05, 0) is 12.1 Å². The van der Waals surface area contributed by atoms with Crippen molar-refractivity contribution in [3.63, 3.8) is 0 Å². The van der Waals surface area contributed by atoms with Crippen molar-refractivity contribution in [2.75, 3.05) is 0 Å². The molecule has 0 saturated carbocycles. The number of primary sulfonamides is 1. The standard InChI is InChI=1S/C9H10N4O2S/c10-16(14,15)6-8-5-12-13-9(8)7-2-1-3-11-4-7/h1-5H,6H2,(H,12,13)(H2,10,14,15). The van der Waals surface area contributed by atoms with Crippen LogP contribution < -0.4 is 5.14 Å². The van der Waals surface area contributed by atoms with E-state index in [1.54, 1.807) is 18.5 Å². The minimum atomic E-state index is -3.56. The van der Waals surface area contributed by atoms with Crippen LogP contribution >= 0.6 is 0 Å². The number of hydrogen-bond acceptors (Lipinski definition) is 4. The number of H-pyrrole nitrogens is 1. The summed E-state index contributed by atoms with van der Waals surface area (Å²) in [6.45, 7) is 0. The molecule has 16 heavy (non-hydrogen) atoms. The van der Waals surface area contributed by atoms with Gasteiger partial charge in [-0.1, -0.05) is 0 Å². The number of nitrogens with one attached hydrogen (secondary N) is 1. The van der Waals surface area contributed by atoms with Crippen LogP contribution in [0.3, 0.4) is 0 Å². The summed E-state index contributed by atoms with van der Waals surface area (Å²) in [5.41, 5.74) is 1.94. The summed E-state index contributed by atoms with van der Waals surface area (Å²) in [4.78, 5) is 3.95. The molecule has 0 aliphatic heterocycles. The van der Waals surface area contributed by atoms with Crippen molar-refractivity contribution in [2.45, 2.75) is 5.75 Å². The van der Waals surface area contributed by atoms with E-state index >= 15 is 0 Å². The van der Waals surface area contributed by atoms with Gasteiger partial charge in [-0.25, -0.2) is 13.6 Å². The Labute approximate surface area is 92.6 Å². The Bertz CT molecular complexity index is 577. The number of aromatic nitrogens is 3. The molecule has 2 aromatic heterocycles. The maximum atomic E-state index is 11.0. The zero-order valence-electron chi connectivity index (χ0n) is 8.29. The maximum absolute atomic E-state index is 11.0. The second kappa shape index (κ2) is 4.03. The molecular weight excluding hydrogens is 228 g/mol. The van der Waals surface area contributed by atoms with Gasteiger partial charge in [0.25, 0.3) is 0 Å². The van der Waals surface area contributed by atoms with Gasteiger partial charge in [-0.3, -0.25) is 10.1 Å². The largest absolute Gasteiger partial charge is 0.277 e. The van der Waals surface area contributed by atoms with E-state index in [1.807, 2.05) is 6.07 Å². The van der Waals surface area contributed by atoms with Gasteiger partial charge >= 0.3 is 0 Å². The Morgan fingerprint density at radius 1 is 1.38 bits per heavy atom. The first-order valence-electron chi connectivity index (χ1n) is 4.49. The fourth-order valence-corrected chi connectivity index (χ4v) is 2.05. The molecule has 0 bridgehead atoms. The molecule has 84 valence electrons. The van der Waals surface area contributed by atoms with Crippen LogP contribution in [-0.4, -0.2) is 23.6 Å². The normalized spacial score (nSPS) is 11.6. The van der Waals surface area contributed by atoms with E-state index in [4.69, 9.17) is 5.14 Å². The molecule has 6 nitrogen and oxygen atoms in total. The predicted molar refractivity (Wildman–Crippen MR) is 58.6 cm³/mol. The highest BCUT2D eigenvalue weighted by Gasteiger charge is 2.13. The zero-order valence-corrected chi connectivity index (χ0v) is 9.11. The van der Waals surface area contributed by atoms with Crippen LogP contribution in [0.15, 0.2) is 30.7 Å². The molecule has 2 rings (SSSR count). The van der Waals surface area contributed by atoms with E-state index in [-0.39, 0.29) is 5.75 Å². The van der Waals surface area contributed by atoms with Crippen LogP contribution in [0.1, 0.15) is 5.56 Å². The van der Waals surface area contributed by atoms with Crippen LogP contribution in [0, 0.1) is 0 Å². The number of sulfonamides is 1. The SMILES string of the molecule is NS(=O)(=O)Cc1cn[nH]c1-c1cccnc1. The average molecular weight is 238 g/mol. The van der Waals surface area contributed by atoms with Gasteiger partial charge in [-0.2, -0.15) is 5.10 Å². The summed E-state index contributed by atoms with van der Waals surface area (Å²) in [7, 11) is -3.56. The molecule has 0 saturated heterocycles. The monoisotopic (exact) mass is 238 g/mol. The number of aromatic amines is 1. The van der Waals surface area contributed by atoms with Crippen molar-refractivity contribution >= 4 is 10.0 Å². The quantitative estimate of drug-likeness (QED) is 0.800. The summed E-state index contributed by atoms with van der Waals surface area (Å²) >= 11 is 0. The number of hydrogen-bond donors (Lipinski definition) is 2. The first kappa shape index (κ1) is 10.8. The van der Waals surface area contributed by atoms with E-state index < -0.39 is 10.0 Å². The molecule has 0 atom stereocenters. The van der Waals surface area contributed by atoms with Crippen molar-refractivity contribution in [3.8, 4) is 11.3 Å². The molecule has 0 fully saturated rings. The highest BCUT2D eigenvalue weighted by Crippen LogP contribution is 2.20. The van der Waals surface area contributed by atoms with Crippen LogP contribution in [-0.2, 0) is 15.8 Å². The second-order valence-electron chi connectivity index (χ2n) is 3.32. The van der Waals surface area contributed by atoms with Gasteiger partial charge < -0.3 is 0 Å². The predicted octanol–water partition coefficient (Wildman–Crippen LogP) is 0.260. The molecular formula is C9H10N4O2S. The highest BCUT2D eigenvalue weighted by molar-refractivity contribution is 7.88. The van der Waals surface area contributed by atoms with Gasteiger partial charge in [0.1, 0.15) is 0 Å². The van der Waals surface area contributed by atoms with Gasteiger partial charge in [0.05, 0.1) is 17.6 Å². The van der Waals surface area contributed by atoms with Crippen LogP contribution in [0.4, 0.5) is 0 Å². The van der Waals surface area contributed by atoms with E-state index in [1.165, 1.54) is 6.20 Å². The lowest BCUT2D eigenvalue weighted by Gasteiger charge is -2.01. The maximum Gasteiger partial charge on any atom is 0.213 e. The Morgan fingerprint density at radius 2 is 2.19 bits per heavy atom. The first-order chi connectivity index (χ1) is 7.56. The van der Waals surface area contributed by atoms with Crippen molar-refractivity contribution < 1.29 is 8.42 Å². The second-order valence-corrected chi connectivity index (χ2v) is 4.93. The van der Waals surface area contributed by atoms with Crippen molar-refractivity contribution in [2.24, 2.45) is 5.14 Å². The van der Waals surface area contributed by atoms with E-state index in [2.05, 4.69) is 15.2 Å². The average Bonchev–Trinajstić information content (AvgIpc) is 2.64. The minimum absolute atomic E-state index is 0.242. The van der Waals surface area contributed by atoms with Crippen molar-refractivity contribution in [3.05, 3.63) is 36.3 Å². The molecule has 3 N–H and O–H groups in total. The minimum Gasteiger partial charge on any atom is -0.277 e. The molecule has 0 aliphatic carbocycles. The Morgan fingerprint density at radius 3 is 2.81 bits per heavy atom. The van der Waals surface area contributed by atoms with Crippen LogP contribution in [0.25, 0.3) is 11.3 Å². The summed E-state index contributed by atoms with van der Waals surface area (Å²) in [5.74, 6) is -0.242. The lowest BCUT2D eigenvalue weighted by atomic mass is 10.1. The molecule has 0 radical (unpaired) electrons. The molecule has 0 spiro atoms. The number of nitrogens with zero attached hydrogens (tertiary/aromatic N) is 2. The third-order valence-corrected chi connectivity index (χ3v) is 2.74. The molecule has 0 aliphatic rings. The molecule has 2 aromatic rings. The summed E-state index contributed by atoms with van der Waals surface area (Å²) < 4.78 is 22.0. The van der Waals surface area contributed by atoms with Crippen molar-refractivity contribution in [1.82, 2.24) is 15.2 Å². The van der Waals surface area contributed by atoms with E-state index in [0.717, 1.165) is 5.56 Å². The van der Waals surface area contributed by atoms with Gasteiger partial charge in [0.2, 0.25) is 10.0 Å². The lowest BCUT2D eigenvalue weighted by molar-refractivity contribution is 0.597. The third kappa shape index (κ3) is 2.44. The fraction of sp³-hybridized carbons (Fsp3) is 0.111. The van der Waals surface area contributed by atoms with Crippen LogP contribution in [0.2, 0.25) is 0 Å². The highest BCUT2D eigenvalue weighted by atomic mass is 32.2. The fourth-order valence-electron chi connectivity index (χ4n) is 1.40. The number of rotatable bonds is 3. The molecule has 0 amide bonds. The first-order valence-corrected chi connectivity index (χ1v) is 6.21. The Kier molecular flexibility index (Phi) is 2.71. The molecule has 0 unspecified atom stereocenters. The zero-order chi connectivity index (χ0) is 11.6. The molecule has 0 aromatic carbocycles. The van der Waals surface area contributed by atoms with Crippen molar-refractivity contribution in [1.29, 1.82) is 0 Å². The lowest BCUT2D eigenvalue weighted by Crippen LogP contribution is -2.14. The van der Waals surface area contributed by atoms with Gasteiger partial charge in [0.15, 0.2) is 0 Å². The summed E-state index contributed by atoms with van der Waals surface area (Å²) in [6.07, 6.45) is 4.71. The smallest absolute Gasteiger partial charge is 0.213 e. The third-order valence-electron chi connectivity index (χ3n) is 2.02. The van der Waals surface area contributed by atoms with E-state index in [9.17, 15) is 8.42 Å². The topological polar surface area (TPSA) is 102 Å². The summed E-state index contributed by atoms with van der Waals surface area (Å²) in [6, 6.07) is 3.57. The Hall–Kier alpha value is -1.73. The van der Waals surface area contributed by atoms with Crippen LogP contribution in [0.5, 0.6) is 0 Å². The number of nitrogens with two attached hydrogens (primary N) is 1. The Balaban J connectivity index is 2.41. The number of pyridine rings is 1. The van der Waals surface area contributed by atoms with E-state index in [0.29, 0.717) is 11.3 Å². The summed E-state index contributed by atoms with van der Waals surface area (Å²) in [5, 5.41) is 11.5.